The molecule has 0 aliphatic rings. The van der Waals surface area contributed by atoms with Crippen molar-refractivity contribution in [1.82, 2.24) is 0 Å². The van der Waals surface area contributed by atoms with Gasteiger partial charge in [0.1, 0.15) is 0 Å². The van der Waals surface area contributed by atoms with Crippen molar-refractivity contribution in [3.05, 3.63) is 0 Å². The van der Waals surface area contributed by atoms with Gasteiger partial charge in [0.25, 0.3) is 6.08 Å². The van der Waals surface area contributed by atoms with Crippen LogP contribution in [0.2, 0.25) is 0 Å². The molecule has 0 aliphatic heterocycles. The number of carbonyl (C=O) groups excluding carboxylic acids is 1. The number of rotatable bonds is 1. The van der Waals surface area contributed by atoms with Crippen molar-refractivity contribution < 1.29 is 54.8 Å². The number of carboxylic acid groups (broad SMARTS) is 2. The Kier molecular flexibility index (Phi) is 18.1. The van der Waals surface area contributed by atoms with E-state index in [0.717, 1.165) is 0 Å². The van der Waals surface area contributed by atoms with E-state index >= 15 is 0 Å². The molecule has 0 atom stereocenters. The Morgan fingerprint density at radius 1 is 1.05 bits per heavy atom. The van der Waals surface area contributed by atoms with Crippen LogP contribution >= 0.6 is 0 Å². The molecule has 0 aromatic rings. The number of carboxylic acids is 2. The molecule has 16 heteroatoms. The van der Waals surface area contributed by atoms with E-state index in [-0.39, 0.29) is 51.4 Å². The zero-order valence-corrected chi connectivity index (χ0v) is 8.64. The van der Waals surface area contributed by atoms with Crippen molar-refractivity contribution in [3.63, 3.8) is 0 Å². The second kappa shape index (κ2) is 12.7. The average Bonchev–Trinajstić information content (AvgIpc) is 1.98. The maximum atomic E-state index is 9.75. The summed E-state index contributed by atoms with van der Waals surface area (Å²) in [6.45, 7) is 0. The minimum absolute atomic E-state index is 0. The molecular formula is C3H4BF4KNO8S-. The van der Waals surface area contributed by atoms with Gasteiger partial charge in [-0.15, -0.1) is 0 Å². The molecule has 0 unspecified atom stereocenters. The van der Waals surface area contributed by atoms with E-state index < -0.39 is 29.5 Å². The van der Waals surface area contributed by atoms with Gasteiger partial charge in [-0.25, -0.2) is 14.4 Å². The summed E-state index contributed by atoms with van der Waals surface area (Å²) in [4.78, 5) is 27.2. The van der Waals surface area contributed by atoms with Gasteiger partial charge in [-0.1, -0.05) is 4.40 Å². The molecule has 0 heterocycles. The van der Waals surface area contributed by atoms with Crippen LogP contribution in [0.3, 0.4) is 0 Å². The molecule has 3 N–H and O–H groups in total. The zero-order chi connectivity index (χ0) is 15.6. The summed E-state index contributed by atoms with van der Waals surface area (Å²) in [5, 5.41) is 14.8. The van der Waals surface area contributed by atoms with Crippen LogP contribution in [0.4, 0.5) is 17.3 Å². The molecule has 0 saturated heterocycles. The third-order valence-corrected chi connectivity index (χ3v) is 0.641. The molecule has 9 nitrogen and oxygen atoms in total. The Balaban J connectivity index is -0.0000000878. The Morgan fingerprint density at radius 2 is 1.26 bits per heavy atom. The summed E-state index contributed by atoms with van der Waals surface area (Å²) in [6, 6.07) is 0. The van der Waals surface area contributed by atoms with Crippen LogP contribution in [-0.2, 0) is 24.7 Å². The van der Waals surface area contributed by atoms with Crippen molar-refractivity contribution in [3.8, 4) is 0 Å². The molecule has 0 saturated carbocycles. The fourth-order valence-electron chi connectivity index (χ4n) is 0.0471. The van der Waals surface area contributed by atoms with Crippen molar-refractivity contribution in [2.75, 3.05) is 0 Å². The Hall–Kier alpha value is -0.349. The van der Waals surface area contributed by atoms with Gasteiger partial charge < -0.3 is 27.5 Å². The molecular weight excluding hydrogens is 336 g/mol. The number of nitrogens with zero attached hydrogens (tertiary/aromatic N) is 1. The average molecular weight is 340 g/mol. The molecule has 19 heavy (non-hydrogen) atoms. The van der Waals surface area contributed by atoms with Gasteiger partial charge in [0.2, 0.25) is 0 Å². The molecule has 0 fully saturated rings. The van der Waals surface area contributed by atoms with Gasteiger partial charge in [-0.3, -0.25) is 4.55 Å². The van der Waals surface area contributed by atoms with Crippen LogP contribution in [0, 0.1) is 0 Å². The van der Waals surface area contributed by atoms with E-state index in [1.807, 2.05) is 4.40 Å². The van der Waals surface area contributed by atoms with Gasteiger partial charge in [0, 0.05) is 0 Å². The van der Waals surface area contributed by atoms with Crippen LogP contribution in [0.15, 0.2) is 4.40 Å². The summed E-state index contributed by atoms with van der Waals surface area (Å²) < 4.78 is 67.3. The Labute approximate surface area is 145 Å². The molecule has 0 aliphatic carbocycles. The van der Waals surface area contributed by atoms with Crippen molar-refractivity contribution in [1.29, 1.82) is 0 Å². The van der Waals surface area contributed by atoms with Crippen LogP contribution in [0.5, 0.6) is 0 Å². The number of hydrogen-bond donors (Lipinski definition) is 3. The third-order valence-electron chi connectivity index (χ3n) is 0.336. The normalized spacial score (nSPS) is 9.11. The third kappa shape index (κ3) is 73.9. The van der Waals surface area contributed by atoms with Gasteiger partial charge in [-0.2, -0.15) is 8.42 Å². The number of carbonyl (C=O) groups is 2. The molecule has 0 spiro atoms. The SMILES string of the molecule is F[B-](F)(F)F.O=C(O)C(=O)O.O=C=NS(=O)(=O)O.[KH]. The first-order valence-electron chi connectivity index (χ1n) is 3.10. The van der Waals surface area contributed by atoms with E-state index in [9.17, 15) is 25.7 Å². The molecule has 0 amide bonds. The number of halogens is 4. The van der Waals surface area contributed by atoms with Crippen molar-refractivity contribution in [2.45, 2.75) is 0 Å². The molecule has 0 aromatic heterocycles. The predicted molar refractivity (Wildman–Crippen MR) is 52.3 cm³/mol. The van der Waals surface area contributed by atoms with Crippen LogP contribution in [0.25, 0.3) is 0 Å². The minimum atomic E-state index is -6.00. The van der Waals surface area contributed by atoms with E-state index in [0.29, 0.717) is 6.08 Å². The summed E-state index contributed by atoms with van der Waals surface area (Å²) in [7, 11) is -10.5. The number of aliphatic carboxylic acids is 2. The van der Waals surface area contributed by atoms with E-state index in [4.69, 9.17) is 29.1 Å². The summed E-state index contributed by atoms with van der Waals surface area (Å²) in [5.41, 5.74) is 0. The van der Waals surface area contributed by atoms with E-state index in [2.05, 4.69) is 0 Å². The monoisotopic (exact) mass is 340 g/mol. The summed E-state index contributed by atoms with van der Waals surface area (Å²) in [6.07, 6.45) is 0.645. The first-order valence-corrected chi connectivity index (χ1v) is 4.50. The Morgan fingerprint density at radius 3 is 1.26 bits per heavy atom. The van der Waals surface area contributed by atoms with Gasteiger partial charge >= 0.3 is 80.9 Å². The van der Waals surface area contributed by atoms with Crippen molar-refractivity contribution in [2.24, 2.45) is 4.40 Å². The molecule has 0 bridgehead atoms. The molecule has 108 valence electrons. The van der Waals surface area contributed by atoms with Crippen molar-refractivity contribution >= 4 is 87.0 Å². The second-order valence-corrected chi connectivity index (χ2v) is 2.81. The quantitative estimate of drug-likeness (QED) is 0.136. The fraction of sp³-hybridized carbons (Fsp3) is 0. The first kappa shape index (κ1) is 27.1. The number of hydrogen-bond acceptors (Lipinski definition) is 5. The topological polar surface area (TPSA) is 158 Å². The van der Waals surface area contributed by atoms with E-state index in [1.54, 1.807) is 0 Å². The van der Waals surface area contributed by atoms with Gasteiger partial charge in [-0.05, 0) is 0 Å². The van der Waals surface area contributed by atoms with Crippen LogP contribution < -0.4 is 0 Å². The zero-order valence-electron chi connectivity index (χ0n) is 7.83. The number of isocyanates is 1. The van der Waals surface area contributed by atoms with Gasteiger partial charge in [0.15, 0.2) is 0 Å². The summed E-state index contributed by atoms with van der Waals surface area (Å²) >= 11 is 0. The van der Waals surface area contributed by atoms with E-state index in [1.165, 1.54) is 0 Å². The standard InChI is InChI=1S/C2H2O4.CHNO4S.BF4.K.H/c3-1(4)2(5)6;3-1-2-7(4,5)6;2-1(3,4)5;;/h(H,3,4)(H,5,6);(H,4,5,6);;;/q;;-1;;. The maximum absolute atomic E-state index is 9.75. The fourth-order valence-corrected chi connectivity index (χ4v) is 0.141. The molecule has 0 radical (unpaired) electrons. The Bertz CT molecular complexity index is 412. The van der Waals surface area contributed by atoms with Crippen LogP contribution in [-0.4, -0.2) is 99.8 Å². The van der Waals surface area contributed by atoms with Crippen LogP contribution in [0.1, 0.15) is 0 Å². The second-order valence-electron chi connectivity index (χ2n) is 1.74. The predicted octanol–water partition coefficient (Wildman–Crippen LogP) is -1.07. The summed E-state index contributed by atoms with van der Waals surface area (Å²) in [5.74, 6) is -3.65. The first-order chi connectivity index (χ1) is 7.70. The molecule has 0 aromatic carbocycles. The molecule has 0 rings (SSSR count). The van der Waals surface area contributed by atoms with Gasteiger partial charge in [0.05, 0.1) is 0 Å².